The predicted octanol–water partition coefficient (Wildman–Crippen LogP) is 4.04. The van der Waals surface area contributed by atoms with Gasteiger partial charge in [0.25, 0.3) is 0 Å². The first-order valence-electron chi connectivity index (χ1n) is 9.70. The lowest BCUT2D eigenvalue weighted by Gasteiger charge is -2.40. The summed E-state index contributed by atoms with van der Waals surface area (Å²) in [4.78, 5) is 12.2. The normalized spacial score (nSPS) is 26.3. The Morgan fingerprint density at radius 2 is 1.94 bits per heavy atom. The zero-order chi connectivity index (χ0) is 23.1. The van der Waals surface area contributed by atoms with Crippen molar-refractivity contribution in [3.05, 3.63) is 69.2 Å². The number of carbonyl (C=O) groups is 1. The first-order chi connectivity index (χ1) is 14.4. The number of aliphatic hydroxyl groups excluding tert-OH is 1. The number of nitrogens with one attached hydrogen (secondary N) is 1. The summed E-state index contributed by atoms with van der Waals surface area (Å²) in [6.07, 6.45) is 0.199. The molecule has 168 valence electrons. The molecule has 4 unspecified atom stereocenters. The molecule has 1 aliphatic rings. The first-order valence-corrected chi connectivity index (χ1v) is 10.5. The molecule has 31 heavy (non-hydrogen) atoms. The number of aliphatic hydroxyl groups is 1. The molecule has 0 aromatic heterocycles. The lowest BCUT2D eigenvalue weighted by molar-refractivity contribution is -0.139. The van der Waals surface area contributed by atoms with Gasteiger partial charge in [0.1, 0.15) is 17.7 Å². The summed E-state index contributed by atoms with van der Waals surface area (Å²) in [6.45, 7) is 3.34. The molecule has 0 bridgehead atoms. The van der Waals surface area contributed by atoms with Crippen LogP contribution in [0.1, 0.15) is 37.3 Å². The van der Waals surface area contributed by atoms with E-state index in [2.05, 4.69) is 5.32 Å². The molecule has 2 aromatic rings. The Labute approximate surface area is 189 Å². The van der Waals surface area contributed by atoms with Gasteiger partial charge in [-0.1, -0.05) is 55.2 Å². The number of benzene rings is 2. The van der Waals surface area contributed by atoms with Crippen LogP contribution >= 0.6 is 23.2 Å². The Balaban J connectivity index is 2.29. The lowest BCUT2D eigenvalue weighted by Crippen LogP contribution is -2.53. The zero-order valence-corrected chi connectivity index (χ0v) is 18.5. The Hall–Kier alpha value is -1.77. The molecule has 5 nitrogen and oxygen atoms in total. The van der Waals surface area contributed by atoms with Gasteiger partial charge in [0, 0.05) is 29.2 Å². The molecule has 0 aliphatic carbocycles. The van der Waals surface area contributed by atoms with Crippen LogP contribution < -0.4 is 11.1 Å². The lowest BCUT2D eigenvalue weighted by atomic mass is 9.68. The van der Waals surface area contributed by atoms with E-state index in [0.29, 0.717) is 0 Å². The highest BCUT2D eigenvalue weighted by Crippen LogP contribution is 2.49. The maximum Gasteiger partial charge on any atom is 0.321 e. The summed E-state index contributed by atoms with van der Waals surface area (Å²) < 4.78 is 30.2. The molecule has 3 rings (SSSR count). The molecule has 4 atom stereocenters. The van der Waals surface area contributed by atoms with Crippen LogP contribution in [0.5, 0.6) is 0 Å². The van der Waals surface area contributed by atoms with E-state index in [1.54, 1.807) is 13.8 Å². The van der Waals surface area contributed by atoms with Crippen molar-refractivity contribution in [3.63, 3.8) is 0 Å². The maximum atomic E-state index is 15.1. The number of halogens is 4. The van der Waals surface area contributed by atoms with Crippen LogP contribution in [0.4, 0.5) is 8.78 Å². The minimum absolute atomic E-state index is 0.00346. The smallest absolute Gasteiger partial charge is 0.321 e. The number of hydrogen-bond donors (Lipinski definition) is 4. The molecule has 1 fully saturated rings. The second-order valence-electron chi connectivity index (χ2n) is 8.74. The molecule has 1 aliphatic heterocycles. The fraction of sp³-hybridized carbons (Fsp3) is 0.409. The quantitative estimate of drug-likeness (QED) is 0.508. The molecule has 1 saturated heterocycles. The Morgan fingerprint density at radius 3 is 2.52 bits per heavy atom. The predicted molar refractivity (Wildman–Crippen MR) is 115 cm³/mol. The average molecular weight is 473 g/mol. The summed E-state index contributed by atoms with van der Waals surface area (Å²) in [5.74, 6) is -4.01. The van der Waals surface area contributed by atoms with Gasteiger partial charge in [0.15, 0.2) is 0 Å². The monoisotopic (exact) mass is 472 g/mol. The molecule has 5 N–H and O–H groups in total. The Morgan fingerprint density at radius 1 is 1.26 bits per heavy atom. The van der Waals surface area contributed by atoms with Gasteiger partial charge in [0.05, 0.1) is 10.6 Å². The number of aliphatic carboxylic acids is 1. The molecule has 0 amide bonds. The van der Waals surface area contributed by atoms with E-state index in [1.165, 1.54) is 30.3 Å². The maximum absolute atomic E-state index is 15.1. The molecule has 1 heterocycles. The minimum Gasteiger partial charge on any atom is -0.480 e. The fourth-order valence-electron chi connectivity index (χ4n) is 4.40. The minimum atomic E-state index is -1.68. The van der Waals surface area contributed by atoms with Crippen molar-refractivity contribution in [2.24, 2.45) is 11.1 Å². The summed E-state index contributed by atoms with van der Waals surface area (Å²) in [7, 11) is 0. The summed E-state index contributed by atoms with van der Waals surface area (Å²) in [5.41, 5.74) is 4.47. The summed E-state index contributed by atoms with van der Waals surface area (Å²) >= 11 is 11.9. The van der Waals surface area contributed by atoms with Crippen molar-refractivity contribution >= 4 is 29.2 Å². The van der Waals surface area contributed by atoms with Gasteiger partial charge in [-0.05, 0) is 35.6 Å². The second kappa shape index (κ2) is 8.64. The standard InChI is InChI=1S/C22H24Cl2F2N2O3/c1-21(2,10-29)9-16-22(27,13-7-6-11(23)8-15(13)25)17(19(28-16)20(30)31)12-4-3-5-14(24)18(12)26/h3-8,16-17,19,28-29H,9-10,27H2,1-2H3,(H,30,31). The third kappa shape index (κ3) is 4.30. The zero-order valence-electron chi connectivity index (χ0n) is 17.0. The van der Waals surface area contributed by atoms with Crippen molar-refractivity contribution in [3.8, 4) is 0 Å². The molecule has 2 aromatic carbocycles. The van der Waals surface area contributed by atoms with E-state index in [0.717, 1.165) is 6.07 Å². The summed E-state index contributed by atoms with van der Waals surface area (Å²) in [6, 6.07) is 6.01. The highest BCUT2D eigenvalue weighted by atomic mass is 35.5. The van der Waals surface area contributed by atoms with Crippen LogP contribution in [0.3, 0.4) is 0 Å². The Kier molecular flexibility index (Phi) is 6.65. The van der Waals surface area contributed by atoms with Crippen LogP contribution in [0.2, 0.25) is 10.0 Å². The fourth-order valence-corrected chi connectivity index (χ4v) is 4.74. The van der Waals surface area contributed by atoms with Crippen molar-refractivity contribution in [2.75, 3.05) is 6.61 Å². The largest absolute Gasteiger partial charge is 0.480 e. The van der Waals surface area contributed by atoms with Crippen LogP contribution in [0.15, 0.2) is 36.4 Å². The van der Waals surface area contributed by atoms with Crippen molar-refractivity contribution in [2.45, 2.75) is 43.8 Å². The molecule has 9 heteroatoms. The number of carboxylic acids is 1. The molecule has 0 radical (unpaired) electrons. The molecular formula is C22H24Cl2F2N2O3. The van der Waals surface area contributed by atoms with E-state index in [9.17, 15) is 15.0 Å². The number of hydrogen-bond acceptors (Lipinski definition) is 4. The third-order valence-corrected chi connectivity index (χ3v) is 6.50. The Bertz CT molecular complexity index is 1000. The topological polar surface area (TPSA) is 95.6 Å². The third-order valence-electron chi connectivity index (χ3n) is 5.97. The van der Waals surface area contributed by atoms with E-state index in [4.69, 9.17) is 28.9 Å². The van der Waals surface area contributed by atoms with Gasteiger partial charge in [0.2, 0.25) is 0 Å². The second-order valence-corrected chi connectivity index (χ2v) is 9.58. The van der Waals surface area contributed by atoms with Crippen molar-refractivity contribution < 1.29 is 23.8 Å². The number of rotatable bonds is 6. The van der Waals surface area contributed by atoms with Gasteiger partial charge >= 0.3 is 5.97 Å². The average Bonchev–Trinajstić information content (AvgIpc) is 2.97. The highest BCUT2D eigenvalue weighted by molar-refractivity contribution is 6.31. The van der Waals surface area contributed by atoms with Crippen LogP contribution in [-0.2, 0) is 10.3 Å². The van der Waals surface area contributed by atoms with Crippen LogP contribution in [-0.4, -0.2) is 34.9 Å². The van der Waals surface area contributed by atoms with E-state index < -0.39 is 46.6 Å². The van der Waals surface area contributed by atoms with E-state index in [1.807, 2.05) is 0 Å². The van der Waals surface area contributed by atoms with Gasteiger partial charge in [-0.3, -0.25) is 10.1 Å². The van der Waals surface area contributed by atoms with E-state index in [-0.39, 0.29) is 34.2 Å². The van der Waals surface area contributed by atoms with Crippen LogP contribution in [0.25, 0.3) is 0 Å². The first kappa shape index (κ1) is 23.9. The van der Waals surface area contributed by atoms with Gasteiger partial charge in [-0.15, -0.1) is 0 Å². The van der Waals surface area contributed by atoms with Crippen LogP contribution in [0, 0.1) is 17.0 Å². The summed E-state index contributed by atoms with van der Waals surface area (Å²) in [5, 5.41) is 22.6. The molecule has 0 spiro atoms. The van der Waals surface area contributed by atoms with Crippen molar-refractivity contribution in [1.82, 2.24) is 5.32 Å². The SMILES string of the molecule is CC(C)(CO)CC1NC(C(=O)O)C(c2cccc(Cl)c2F)C1(N)c1ccc(Cl)cc1F. The number of carboxylic acid groups (broad SMARTS) is 1. The molecular weight excluding hydrogens is 449 g/mol. The van der Waals surface area contributed by atoms with Gasteiger partial charge in [-0.2, -0.15) is 0 Å². The van der Waals surface area contributed by atoms with Crippen molar-refractivity contribution in [1.29, 1.82) is 0 Å². The number of nitrogens with two attached hydrogens (primary N) is 1. The molecule has 0 saturated carbocycles. The van der Waals surface area contributed by atoms with Gasteiger partial charge < -0.3 is 15.9 Å². The highest BCUT2D eigenvalue weighted by Gasteiger charge is 2.58. The van der Waals surface area contributed by atoms with Gasteiger partial charge in [-0.25, -0.2) is 8.78 Å². The van der Waals surface area contributed by atoms with E-state index >= 15 is 8.78 Å².